The van der Waals surface area contributed by atoms with Gasteiger partial charge in [0, 0.05) is 37.6 Å². The van der Waals surface area contributed by atoms with Crippen LogP contribution in [-0.4, -0.2) is 52.5 Å². The molecule has 3 aromatic rings. The predicted octanol–water partition coefficient (Wildman–Crippen LogP) is 4.63. The van der Waals surface area contributed by atoms with Gasteiger partial charge in [-0.2, -0.15) is 0 Å². The number of halogens is 3. The summed E-state index contributed by atoms with van der Waals surface area (Å²) < 4.78 is 47.9. The summed E-state index contributed by atoms with van der Waals surface area (Å²) in [5, 5.41) is 9.39. The van der Waals surface area contributed by atoms with Crippen molar-refractivity contribution >= 4 is 17.0 Å². The number of rotatable bonds is 8. The minimum absolute atomic E-state index is 0.0250. The van der Waals surface area contributed by atoms with Gasteiger partial charge in [0.05, 0.1) is 18.1 Å². The lowest BCUT2D eigenvalue weighted by Crippen LogP contribution is -2.41. The zero-order valence-electron chi connectivity index (χ0n) is 18.6. The van der Waals surface area contributed by atoms with E-state index in [-0.39, 0.29) is 30.6 Å². The molecule has 0 radical (unpaired) electrons. The third-order valence-corrected chi connectivity index (χ3v) is 6.20. The number of aromatic amines is 1. The maximum atomic E-state index is 12.8. The number of aromatic nitrogens is 2. The molecule has 1 aliphatic rings. The van der Waals surface area contributed by atoms with Gasteiger partial charge in [-0.15, -0.1) is 13.2 Å². The van der Waals surface area contributed by atoms with Crippen LogP contribution in [-0.2, 0) is 17.8 Å². The molecule has 2 unspecified atom stereocenters. The summed E-state index contributed by atoms with van der Waals surface area (Å²) >= 11 is 0. The van der Waals surface area contributed by atoms with Gasteiger partial charge in [-0.25, -0.2) is 4.98 Å². The van der Waals surface area contributed by atoms with Crippen LogP contribution in [0, 0.1) is 11.8 Å². The molecule has 10 heteroatoms. The van der Waals surface area contributed by atoms with E-state index in [2.05, 4.69) is 14.7 Å². The lowest BCUT2D eigenvalue weighted by molar-refractivity contribution is -0.275. The van der Waals surface area contributed by atoms with Crippen molar-refractivity contribution in [1.82, 2.24) is 14.9 Å². The molecular weight excluding hydrogens is 451 g/mol. The second kappa shape index (κ2) is 9.92. The first-order valence-electron chi connectivity index (χ1n) is 11.0. The van der Waals surface area contributed by atoms with Gasteiger partial charge in [0.2, 0.25) is 0 Å². The molecule has 182 valence electrons. The molecule has 2 heterocycles. The van der Waals surface area contributed by atoms with Gasteiger partial charge in [-0.1, -0.05) is 18.2 Å². The Hall–Kier alpha value is -3.27. The minimum atomic E-state index is -4.77. The molecule has 1 aromatic heterocycles. The van der Waals surface area contributed by atoms with Crippen molar-refractivity contribution < 1.29 is 32.5 Å². The van der Waals surface area contributed by atoms with Crippen LogP contribution < -0.4 is 9.47 Å². The number of H-pyrrole nitrogens is 1. The van der Waals surface area contributed by atoms with E-state index in [0.29, 0.717) is 37.2 Å². The fourth-order valence-corrected chi connectivity index (χ4v) is 4.64. The number of benzene rings is 2. The summed E-state index contributed by atoms with van der Waals surface area (Å²) in [7, 11) is 1.59. The van der Waals surface area contributed by atoms with Crippen LogP contribution in [0.4, 0.5) is 13.2 Å². The van der Waals surface area contributed by atoms with Crippen molar-refractivity contribution in [2.24, 2.45) is 11.8 Å². The molecular formula is C24H26F3N3O4. The average molecular weight is 477 g/mol. The van der Waals surface area contributed by atoms with E-state index in [9.17, 15) is 23.1 Å². The Morgan fingerprint density at radius 2 is 2.03 bits per heavy atom. The zero-order valence-corrected chi connectivity index (χ0v) is 18.6. The van der Waals surface area contributed by atoms with E-state index < -0.39 is 12.3 Å². The highest BCUT2D eigenvalue weighted by Gasteiger charge is 2.34. The van der Waals surface area contributed by atoms with E-state index in [1.807, 2.05) is 23.1 Å². The van der Waals surface area contributed by atoms with Gasteiger partial charge in [-0.3, -0.25) is 9.69 Å². The molecule has 1 saturated heterocycles. The molecule has 2 atom stereocenters. The van der Waals surface area contributed by atoms with Crippen LogP contribution >= 0.6 is 0 Å². The Kier molecular flexibility index (Phi) is 6.97. The molecule has 2 aromatic carbocycles. The molecule has 2 N–H and O–H groups in total. The van der Waals surface area contributed by atoms with Crippen molar-refractivity contribution in [3.8, 4) is 11.5 Å². The monoisotopic (exact) mass is 477 g/mol. The standard InChI is InChI=1S/C24H26F3N3O4/c1-33-18-6-7-19-20(12-18)29-22(28-19)10-17-14-30(9-8-15(17)11-23(31)32)13-16-4-2-3-5-21(16)34-24(25,26)27/h2-7,12,15,17H,8-11,13-14H2,1H3,(H,28,29)(H,31,32). The van der Waals surface area contributed by atoms with E-state index in [0.717, 1.165) is 16.9 Å². The van der Waals surface area contributed by atoms with Crippen LogP contribution in [0.3, 0.4) is 0 Å². The average Bonchev–Trinajstić information content (AvgIpc) is 3.17. The largest absolute Gasteiger partial charge is 0.573 e. The number of nitrogens with one attached hydrogen (secondary N) is 1. The maximum absolute atomic E-state index is 12.8. The van der Waals surface area contributed by atoms with Crippen molar-refractivity contribution in [3.63, 3.8) is 0 Å². The Bertz CT molecular complexity index is 1150. The second-order valence-electron chi connectivity index (χ2n) is 8.57. The minimum Gasteiger partial charge on any atom is -0.497 e. The molecule has 34 heavy (non-hydrogen) atoms. The lowest BCUT2D eigenvalue weighted by Gasteiger charge is -2.38. The number of likely N-dealkylation sites (tertiary alicyclic amines) is 1. The number of carboxylic acids is 1. The third-order valence-electron chi connectivity index (χ3n) is 6.20. The van der Waals surface area contributed by atoms with Crippen LogP contribution in [0.5, 0.6) is 11.5 Å². The van der Waals surface area contributed by atoms with Crippen molar-refractivity contribution in [3.05, 3.63) is 53.9 Å². The third kappa shape index (κ3) is 5.99. The van der Waals surface area contributed by atoms with Gasteiger partial charge < -0.3 is 19.6 Å². The fourth-order valence-electron chi connectivity index (χ4n) is 4.64. The summed E-state index contributed by atoms with van der Waals surface area (Å²) in [5.74, 6) is 0.287. The Morgan fingerprint density at radius 3 is 2.76 bits per heavy atom. The number of ether oxygens (including phenoxy) is 2. The summed E-state index contributed by atoms with van der Waals surface area (Å²) in [6, 6.07) is 11.6. The number of nitrogens with zero attached hydrogens (tertiary/aromatic N) is 2. The summed E-state index contributed by atoms with van der Waals surface area (Å²) in [4.78, 5) is 21.4. The van der Waals surface area contributed by atoms with Crippen molar-refractivity contribution in [2.75, 3.05) is 20.2 Å². The summed E-state index contributed by atoms with van der Waals surface area (Å²) in [5.41, 5.74) is 2.05. The van der Waals surface area contributed by atoms with Crippen molar-refractivity contribution in [1.29, 1.82) is 0 Å². The lowest BCUT2D eigenvalue weighted by atomic mass is 9.81. The van der Waals surface area contributed by atoms with E-state index in [4.69, 9.17) is 4.74 Å². The first kappa shape index (κ1) is 23.9. The van der Waals surface area contributed by atoms with Gasteiger partial charge in [0.15, 0.2) is 0 Å². The summed E-state index contributed by atoms with van der Waals surface area (Å²) in [6.45, 7) is 1.41. The number of carboxylic acid groups (broad SMARTS) is 1. The number of methoxy groups -OCH3 is 1. The number of piperidine rings is 1. The highest BCUT2D eigenvalue weighted by Crippen LogP contribution is 2.33. The number of alkyl halides is 3. The predicted molar refractivity (Wildman–Crippen MR) is 119 cm³/mol. The molecule has 1 fully saturated rings. The number of hydrogen-bond acceptors (Lipinski definition) is 5. The number of fused-ring (bicyclic) bond motifs is 1. The van der Waals surface area contributed by atoms with Gasteiger partial charge in [-0.05, 0) is 43.0 Å². The number of aliphatic carboxylic acids is 1. The molecule has 0 bridgehead atoms. The van der Waals surface area contributed by atoms with Gasteiger partial charge in [0.25, 0.3) is 0 Å². The van der Waals surface area contributed by atoms with Crippen LogP contribution in [0.25, 0.3) is 11.0 Å². The Morgan fingerprint density at radius 1 is 1.24 bits per heavy atom. The highest BCUT2D eigenvalue weighted by atomic mass is 19.4. The number of hydrogen-bond donors (Lipinski definition) is 2. The van der Waals surface area contributed by atoms with E-state index >= 15 is 0 Å². The van der Waals surface area contributed by atoms with Crippen LogP contribution in [0.2, 0.25) is 0 Å². The molecule has 0 aliphatic carbocycles. The van der Waals surface area contributed by atoms with Crippen LogP contribution in [0.15, 0.2) is 42.5 Å². The topological polar surface area (TPSA) is 87.7 Å². The van der Waals surface area contributed by atoms with Crippen LogP contribution in [0.1, 0.15) is 24.2 Å². The first-order chi connectivity index (χ1) is 16.2. The number of carbonyl (C=O) groups is 1. The molecule has 4 rings (SSSR count). The first-order valence-corrected chi connectivity index (χ1v) is 11.0. The molecule has 0 spiro atoms. The Balaban J connectivity index is 1.51. The maximum Gasteiger partial charge on any atom is 0.573 e. The number of para-hydroxylation sites is 1. The second-order valence-corrected chi connectivity index (χ2v) is 8.57. The SMILES string of the molecule is COc1ccc2nc(CC3CN(Cc4ccccc4OC(F)(F)F)CCC3CC(=O)O)[nH]c2c1. The van der Waals surface area contributed by atoms with Gasteiger partial charge >= 0.3 is 12.3 Å². The molecule has 7 nitrogen and oxygen atoms in total. The Labute approximate surface area is 194 Å². The summed E-state index contributed by atoms with van der Waals surface area (Å²) in [6.07, 6.45) is -3.56. The molecule has 0 amide bonds. The quantitative estimate of drug-likeness (QED) is 0.492. The molecule has 1 aliphatic heterocycles. The normalized spacial score (nSPS) is 19.3. The highest BCUT2D eigenvalue weighted by molar-refractivity contribution is 5.76. The molecule has 0 saturated carbocycles. The number of imidazole rings is 1. The smallest absolute Gasteiger partial charge is 0.497 e. The van der Waals surface area contributed by atoms with E-state index in [1.165, 1.54) is 12.1 Å². The van der Waals surface area contributed by atoms with Crippen molar-refractivity contribution in [2.45, 2.75) is 32.2 Å². The van der Waals surface area contributed by atoms with E-state index in [1.54, 1.807) is 19.2 Å². The van der Waals surface area contributed by atoms with Gasteiger partial charge in [0.1, 0.15) is 17.3 Å². The fraction of sp³-hybridized carbons (Fsp3) is 0.417. The zero-order chi connectivity index (χ0) is 24.3.